The van der Waals surface area contributed by atoms with Crippen LogP contribution in [0.3, 0.4) is 0 Å². The molecule has 1 aromatic rings. The van der Waals surface area contributed by atoms with Gasteiger partial charge in [-0.25, -0.2) is 4.79 Å². The molecule has 1 unspecified atom stereocenters. The first-order valence-electron chi connectivity index (χ1n) is 6.78. The van der Waals surface area contributed by atoms with Crippen molar-refractivity contribution in [2.24, 2.45) is 5.41 Å². The molecule has 1 aliphatic heterocycles. The molecule has 1 fully saturated rings. The second-order valence-electron chi connectivity index (χ2n) is 5.28. The zero-order chi connectivity index (χ0) is 14.8. The van der Waals surface area contributed by atoms with Crippen molar-refractivity contribution in [2.45, 2.75) is 33.2 Å². The Morgan fingerprint density at radius 2 is 2.25 bits per heavy atom. The molecule has 1 atom stereocenters. The minimum absolute atomic E-state index is 0.173. The molecular weight excluding hydrogens is 276 g/mol. The molecule has 1 aromatic heterocycles. The number of nitrogens with one attached hydrogen (secondary N) is 1. The first kappa shape index (κ1) is 14.8. The van der Waals surface area contributed by atoms with Gasteiger partial charge < -0.3 is 15.3 Å². The fraction of sp³-hybridized carbons (Fsp3) is 0.571. The Bertz CT molecular complexity index is 514. The van der Waals surface area contributed by atoms with E-state index in [1.54, 1.807) is 16.2 Å². The van der Waals surface area contributed by atoms with Gasteiger partial charge in [-0.15, -0.1) is 11.3 Å². The normalized spacial score (nSPS) is 22.0. The number of hydrogen-bond donors (Lipinski definition) is 2. The molecule has 0 aliphatic carbocycles. The smallest absolute Gasteiger partial charge is 0.317 e. The second kappa shape index (κ2) is 5.83. The summed E-state index contributed by atoms with van der Waals surface area (Å²) in [5, 5.41) is 12.2. The fourth-order valence-corrected chi connectivity index (χ4v) is 3.34. The van der Waals surface area contributed by atoms with E-state index in [1.165, 1.54) is 4.88 Å². The lowest BCUT2D eigenvalue weighted by Crippen LogP contribution is -2.41. The van der Waals surface area contributed by atoms with Gasteiger partial charge in [-0.1, -0.05) is 6.92 Å². The molecule has 2 N–H and O–H groups in total. The zero-order valence-electron chi connectivity index (χ0n) is 11.8. The molecule has 2 rings (SSSR count). The minimum Gasteiger partial charge on any atom is -0.481 e. The highest BCUT2D eigenvalue weighted by molar-refractivity contribution is 7.11. The standard InChI is InChI=1S/C14H20N2O3S/c1-3-14(12(17)18)6-7-16(9-14)13(19)15-8-11-5-4-10(2)20-11/h4-5H,3,6-9H2,1-2H3,(H,15,19)(H,17,18). The minimum atomic E-state index is -0.802. The average molecular weight is 296 g/mol. The van der Waals surface area contributed by atoms with E-state index in [4.69, 9.17) is 0 Å². The van der Waals surface area contributed by atoms with Crippen molar-refractivity contribution in [3.05, 3.63) is 21.9 Å². The van der Waals surface area contributed by atoms with Crippen molar-refractivity contribution >= 4 is 23.3 Å². The maximum Gasteiger partial charge on any atom is 0.317 e. The summed E-state index contributed by atoms with van der Waals surface area (Å²) in [5.41, 5.74) is -0.767. The van der Waals surface area contributed by atoms with E-state index in [1.807, 2.05) is 26.0 Å². The van der Waals surface area contributed by atoms with Crippen LogP contribution >= 0.6 is 11.3 Å². The lowest BCUT2D eigenvalue weighted by atomic mass is 9.84. The van der Waals surface area contributed by atoms with Gasteiger partial charge in [0.2, 0.25) is 0 Å². The summed E-state index contributed by atoms with van der Waals surface area (Å²) in [4.78, 5) is 27.4. The molecule has 0 spiro atoms. The lowest BCUT2D eigenvalue weighted by Gasteiger charge is -2.23. The number of carbonyl (C=O) groups is 2. The molecule has 0 bridgehead atoms. The topological polar surface area (TPSA) is 69.6 Å². The number of carboxylic acids is 1. The third-order valence-electron chi connectivity index (χ3n) is 3.98. The highest BCUT2D eigenvalue weighted by Crippen LogP contribution is 2.34. The summed E-state index contributed by atoms with van der Waals surface area (Å²) < 4.78 is 0. The monoisotopic (exact) mass is 296 g/mol. The van der Waals surface area contributed by atoms with E-state index < -0.39 is 11.4 Å². The van der Waals surface area contributed by atoms with Gasteiger partial charge in [0.25, 0.3) is 0 Å². The predicted octanol–water partition coefficient (Wildman–Crippen LogP) is 2.45. The van der Waals surface area contributed by atoms with E-state index >= 15 is 0 Å². The number of carboxylic acid groups (broad SMARTS) is 1. The third-order valence-corrected chi connectivity index (χ3v) is 4.98. The van der Waals surface area contributed by atoms with Crippen LogP contribution in [0.1, 0.15) is 29.5 Å². The van der Waals surface area contributed by atoms with Gasteiger partial charge >= 0.3 is 12.0 Å². The van der Waals surface area contributed by atoms with Crippen LogP contribution < -0.4 is 5.32 Å². The molecule has 2 heterocycles. The Kier molecular flexibility index (Phi) is 4.32. The Morgan fingerprint density at radius 1 is 1.50 bits per heavy atom. The lowest BCUT2D eigenvalue weighted by molar-refractivity contribution is -0.148. The highest BCUT2D eigenvalue weighted by Gasteiger charge is 2.44. The molecule has 20 heavy (non-hydrogen) atoms. The van der Waals surface area contributed by atoms with Gasteiger partial charge in [0.1, 0.15) is 0 Å². The molecule has 1 saturated heterocycles. The summed E-state index contributed by atoms with van der Waals surface area (Å²) >= 11 is 1.65. The van der Waals surface area contributed by atoms with Crippen LogP contribution in [0, 0.1) is 12.3 Å². The van der Waals surface area contributed by atoms with Crippen molar-refractivity contribution in [3.8, 4) is 0 Å². The number of amides is 2. The predicted molar refractivity (Wildman–Crippen MR) is 77.8 cm³/mol. The number of rotatable bonds is 4. The summed E-state index contributed by atoms with van der Waals surface area (Å²) in [6.07, 6.45) is 1.08. The van der Waals surface area contributed by atoms with Gasteiger partial charge in [0, 0.05) is 22.8 Å². The number of aryl methyl sites for hydroxylation is 1. The molecule has 110 valence electrons. The van der Waals surface area contributed by atoms with Crippen LogP contribution in [-0.2, 0) is 11.3 Å². The van der Waals surface area contributed by atoms with Crippen molar-refractivity contribution in [1.29, 1.82) is 0 Å². The number of hydrogen-bond acceptors (Lipinski definition) is 3. The Labute approximate surface area is 122 Å². The van der Waals surface area contributed by atoms with Crippen LogP contribution in [-0.4, -0.2) is 35.1 Å². The van der Waals surface area contributed by atoms with Crippen molar-refractivity contribution in [2.75, 3.05) is 13.1 Å². The summed E-state index contributed by atoms with van der Waals surface area (Å²) in [5.74, 6) is -0.802. The molecule has 5 nitrogen and oxygen atoms in total. The number of thiophene rings is 1. The fourth-order valence-electron chi connectivity index (χ4n) is 2.51. The van der Waals surface area contributed by atoms with Crippen LogP contribution in [0.5, 0.6) is 0 Å². The van der Waals surface area contributed by atoms with Crippen LogP contribution in [0.15, 0.2) is 12.1 Å². The second-order valence-corrected chi connectivity index (χ2v) is 6.65. The van der Waals surface area contributed by atoms with Gasteiger partial charge in [-0.2, -0.15) is 0 Å². The summed E-state index contributed by atoms with van der Waals surface area (Å²) in [6, 6.07) is 3.85. The quantitative estimate of drug-likeness (QED) is 0.896. The average Bonchev–Trinajstić information content (AvgIpc) is 3.03. The van der Waals surface area contributed by atoms with Gasteiger partial charge in [-0.3, -0.25) is 4.79 Å². The Balaban J connectivity index is 1.90. The number of urea groups is 1. The Morgan fingerprint density at radius 3 is 2.75 bits per heavy atom. The molecule has 1 aliphatic rings. The number of nitrogens with zero attached hydrogens (tertiary/aromatic N) is 1. The summed E-state index contributed by atoms with van der Waals surface area (Å²) in [7, 11) is 0. The van der Waals surface area contributed by atoms with E-state index in [0.29, 0.717) is 32.5 Å². The van der Waals surface area contributed by atoms with Crippen LogP contribution in [0.25, 0.3) is 0 Å². The maximum absolute atomic E-state index is 12.1. The molecule has 0 saturated carbocycles. The highest BCUT2D eigenvalue weighted by atomic mass is 32.1. The SMILES string of the molecule is CCC1(C(=O)O)CCN(C(=O)NCc2ccc(C)s2)C1. The molecule has 6 heteroatoms. The van der Waals surface area contributed by atoms with E-state index in [0.717, 1.165) is 4.88 Å². The summed E-state index contributed by atoms with van der Waals surface area (Å²) in [6.45, 7) is 5.20. The molecule has 0 aromatic carbocycles. The van der Waals surface area contributed by atoms with Crippen molar-refractivity contribution in [3.63, 3.8) is 0 Å². The largest absolute Gasteiger partial charge is 0.481 e. The molecule has 0 radical (unpaired) electrons. The Hall–Kier alpha value is -1.56. The van der Waals surface area contributed by atoms with Gasteiger partial charge in [0.15, 0.2) is 0 Å². The van der Waals surface area contributed by atoms with Crippen molar-refractivity contribution < 1.29 is 14.7 Å². The van der Waals surface area contributed by atoms with E-state index in [9.17, 15) is 14.7 Å². The maximum atomic E-state index is 12.1. The molecule has 2 amide bonds. The molecular formula is C14H20N2O3S. The number of aliphatic carboxylic acids is 1. The van der Waals surface area contributed by atoms with E-state index in [-0.39, 0.29) is 6.03 Å². The van der Waals surface area contributed by atoms with E-state index in [2.05, 4.69) is 5.32 Å². The third kappa shape index (κ3) is 2.95. The zero-order valence-corrected chi connectivity index (χ0v) is 12.6. The number of carbonyl (C=O) groups excluding carboxylic acids is 1. The van der Waals surface area contributed by atoms with Crippen LogP contribution in [0.2, 0.25) is 0 Å². The first-order chi connectivity index (χ1) is 9.47. The van der Waals surface area contributed by atoms with Gasteiger partial charge in [0.05, 0.1) is 12.0 Å². The van der Waals surface area contributed by atoms with Crippen molar-refractivity contribution in [1.82, 2.24) is 10.2 Å². The van der Waals surface area contributed by atoms with Gasteiger partial charge in [-0.05, 0) is 31.9 Å². The number of likely N-dealkylation sites (tertiary alicyclic amines) is 1. The van der Waals surface area contributed by atoms with Crippen LogP contribution in [0.4, 0.5) is 4.79 Å². The first-order valence-corrected chi connectivity index (χ1v) is 7.60.